The molecule has 0 atom stereocenters. The normalized spacial score (nSPS) is 14.4. The van der Waals surface area contributed by atoms with Crippen molar-refractivity contribution in [2.45, 2.75) is 29.9 Å². The summed E-state index contributed by atoms with van der Waals surface area (Å²) in [6, 6.07) is 12.1. The van der Waals surface area contributed by atoms with Crippen molar-refractivity contribution in [1.82, 2.24) is 14.5 Å². The summed E-state index contributed by atoms with van der Waals surface area (Å²) in [5.74, 6) is -2.02. The van der Waals surface area contributed by atoms with Crippen LogP contribution < -0.4 is 10.9 Å². The lowest BCUT2D eigenvalue weighted by atomic mass is 10.1. The Balaban J connectivity index is 1.27. The summed E-state index contributed by atoms with van der Waals surface area (Å²) in [5.41, 5.74) is 1.22. The van der Waals surface area contributed by atoms with Crippen LogP contribution in [0.15, 0.2) is 63.9 Å². The molecule has 12 heteroatoms. The molecular formula is C28H28ClFN4O4S2. The first kappa shape index (κ1) is 28.4. The number of nitrogens with one attached hydrogen (secondary N) is 1. The number of carbonyl (C=O) groups is 1. The van der Waals surface area contributed by atoms with E-state index in [4.69, 9.17) is 11.6 Å². The number of likely N-dealkylation sites (tertiary alicyclic amines) is 1. The van der Waals surface area contributed by atoms with E-state index in [2.05, 4.69) is 15.2 Å². The van der Waals surface area contributed by atoms with Gasteiger partial charge in [-0.25, -0.2) is 17.8 Å². The van der Waals surface area contributed by atoms with Gasteiger partial charge in [-0.2, -0.15) is 0 Å². The smallest absolute Gasteiger partial charge is 0.265 e. The van der Waals surface area contributed by atoms with Gasteiger partial charge in [-0.1, -0.05) is 24.1 Å². The molecule has 0 amide bonds. The molecule has 0 radical (unpaired) electrons. The molecule has 1 aliphatic rings. The SMILES string of the molecule is O=C(Cc1ccc(-n2cnc3cc(NCCN4CCCCC4)ccc3c2=O)c(F)c1)CS(=O)(=O)c1ccc(Cl)s1. The summed E-state index contributed by atoms with van der Waals surface area (Å²) >= 11 is 6.68. The number of carbonyl (C=O) groups excluding carboxylic acids is 1. The third-order valence-electron chi connectivity index (χ3n) is 6.84. The minimum Gasteiger partial charge on any atom is -0.384 e. The number of rotatable bonds is 10. The number of anilines is 1. The maximum Gasteiger partial charge on any atom is 0.265 e. The van der Waals surface area contributed by atoms with E-state index < -0.39 is 32.7 Å². The number of sulfone groups is 1. The highest BCUT2D eigenvalue weighted by Gasteiger charge is 2.22. The molecule has 5 rings (SSSR count). The quantitative estimate of drug-likeness (QED) is 0.280. The van der Waals surface area contributed by atoms with Crippen LogP contribution in [0.25, 0.3) is 16.6 Å². The van der Waals surface area contributed by atoms with Crippen LogP contribution in [-0.4, -0.2) is 60.6 Å². The molecule has 1 N–H and O–H groups in total. The van der Waals surface area contributed by atoms with Crippen LogP contribution in [0.1, 0.15) is 24.8 Å². The molecule has 0 unspecified atom stereocenters. The summed E-state index contributed by atoms with van der Waals surface area (Å²) < 4.78 is 41.4. The van der Waals surface area contributed by atoms with Crippen molar-refractivity contribution >= 4 is 55.1 Å². The highest BCUT2D eigenvalue weighted by molar-refractivity contribution is 7.94. The van der Waals surface area contributed by atoms with E-state index in [1.54, 1.807) is 12.1 Å². The third kappa shape index (κ3) is 6.60. The highest BCUT2D eigenvalue weighted by atomic mass is 35.5. The lowest BCUT2D eigenvalue weighted by Gasteiger charge is -2.26. The molecule has 1 saturated heterocycles. The van der Waals surface area contributed by atoms with E-state index in [1.807, 2.05) is 6.07 Å². The molecule has 210 valence electrons. The predicted molar refractivity (Wildman–Crippen MR) is 156 cm³/mol. The van der Waals surface area contributed by atoms with Crippen molar-refractivity contribution in [1.29, 1.82) is 0 Å². The molecule has 0 aliphatic carbocycles. The standard InChI is InChI=1S/C28H28ClFN4O4S2/c29-26-8-9-27(39-26)40(37,38)17-21(35)14-19-4-7-25(23(30)15-19)34-18-32-24-16-20(5-6-22(24)28(34)36)31-10-13-33-11-2-1-3-12-33/h4-9,15-16,18,31H,1-3,10-14,17H2. The molecule has 2 aromatic heterocycles. The minimum atomic E-state index is -3.83. The van der Waals surface area contributed by atoms with E-state index >= 15 is 4.39 Å². The zero-order valence-electron chi connectivity index (χ0n) is 21.6. The van der Waals surface area contributed by atoms with Crippen LogP contribution in [0.4, 0.5) is 10.1 Å². The number of nitrogens with zero attached hydrogens (tertiary/aromatic N) is 3. The number of halogens is 2. The average Bonchev–Trinajstić information content (AvgIpc) is 3.37. The van der Waals surface area contributed by atoms with Crippen LogP contribution in [0.3, 0.4) is 0 Å². The molecule has 2 aromatic carbocycles. The number of hydrogen-bond donors (Lipinski definition) is 1. The molecule has 0 saturated carbocycles. The number of thiophene rings is 1. The Morgan fingerprint density at radius 3 is 2.60 bits per heavy atom. The van der Waals surface area contributed by atoms with Gasteiger partial charge in [0.25, 0.3) is 5.56 Å². The second kappa shape index (κ2) is 12.2. The van der Waals surface area contributed by atoms with Crippen LogP contribution in [0.2, 0.25) is 4.34 Å². The number of ketones is 1. The van der Waals surface area contributed by atoms with E-state index in [-0.39, 0.29) is 16.3 Å². The Hall–Kier alpha value is -3.12. The van der Waals surface area contributed by atoms with Crippen molar-refractivity contribution in [3.8, 4) is 5.69 Å². The van der Waals surface area contributed by atoms with E-state index in [0.717, 1.165) is 53.8 Å². The van der Waals surface area contributed by atoms with Gasteiger partial charge in [0.05, 0.1) is 20.9 Å². The van der Waals surface area contributed by atoms with Crippen molar-refractivity contribution in [3.05, 3.63) is 80.9 Å². The van der Waals surface area contributed by atoms with Gasteiger partial charge in [-0.3, -0.25) is 14.2 Å². The van der Waals surface area contributed by atoms with Gasteiger partial charge in [-0.15, -0.1) is 11.3 Å². The first-order valence-corrected chi connectivity index (χ1v) is 15.8. The number of piperidine rings is 1. The summed E-state index contributed by atoms with van der Waals surface area (Å²) in [6.45, 7) is 3.99. The van der Waals surface area contributed by atoms with Crippen LogP contribution in [0.5, 0.6) is 0 Å². The van der Waals surface area contributed by atoms with Gasteiger partial charge in [0, 0.05) is 25.2 Å². The number of Topliss-reactive ketones (excluding diaryl/α,β-unsaturated/α-hetero) is 1. The number of aromatic nitrogens is 2. The number of fused-ring (bicyclic) bond motifs is 1. The third-order valence-corrected chi connectivity index (χ3v) is 10.3. The second-order valence-electron chi connectivity index (χ2n) is 9.80. The number of benzene rings is 2. The van der Waals surface area contributed by atoms with Crippen molar-refractivity contribution in [3.63, 3.8) is 0 Å². The monoisotopic (exact) mass is 602 g/mol. The van der Waals surface area contributed by atoms with E-state index in [9.17, 15) is 18.0 Å². The van der Waals surface area contributed by atoms with Crippen LogP contribution >= 0.6 is 22.9 Å². The summed E-state index contributed by atoms with van der Waals surface area (Å²) in [7, 11) is -3.83. The molecule has 0 spiro atoms. The minimum absolute atomic E-state index is 0.0101. The molecule has 4 aromatic rings. The molecule has 1 fully saturated rings. The van der Waals surface area contributed by atoms with Crippen molar-refractivity contribution in [2.75, 3.05) is 37.2 Å². The molecule has 8 nitrogen and oxygen atoms in total. The molecule has 0 bridgehead atoms. The summed E-state index contributed by atoms with van der Waals surface area (Å²) in [4.78, 5) is 32.4. The van der Waals surface area contributed by atoms with Gasteiger partial charge in [-0.05, 0) is 74.0 Å². The lowest BCUT2D eigenvalue weighted by Crippen LogP contribution is -2.33. The lowest BCUT2D eigenvalue weighted by molar-refractivity contribution is -0.116. The first-order valence-electron chi connectivity index (χ1n) is 13.0. The average molecular weight is 603 g/mol. The molecule has 40 heavy (non-hydrogen) atoms. The maximum absolute atomic E-state index is 15.1. The molecule has 1 aliphatic heterocycles. The fourth-order valence-corrected chi connectivity index (χ4v) is 7.64. The van der Waals surface area contributed by atoms with Gasteiger partial charge in [0.15, 0.2) is 15.6 Å². The zero-order chi connectivity index (χ0) is 28.3. The van der Waals surface area contributed by atoms with Gasteiger partial charge in [0.1, 0.15) is 22.1 Å². The van der Waals surface area contributed by atoms with E-state index in [0.29, 0.717) is 20.8 Å². The first-order chi connectivity index (χ1) is 19.2. The number of hydrogen-bond acceptors (Lipinski definition) is 8. The maximum atomic E-state index is 15.1. The second-order valence-corrected chi connectivity index (χ2v) is 13.7. The van der Waals surface area contributed by atoms with Crippen molar-refractivity contribution < 1.29 is 17.6 Å². The van der Waals surface area contributed by atoms with Gasteiger partial charge >= 0.3 is 0 Å². The largest absolute Gasteiger partial charge is 0.384 e. The summed E-state index contributed by atoms with van der Waals surface area (Å²) in [5, 5.41) is 3.73. The van der Waals surface area contributed by atoms with Crippen LogP contribution in [-0.2, 0) is 21.1 Å². The topological polar surface area (TPSA) is 101 Å². The van der Waals surface area contributed by atoms with Crippen molar-refractivity contribution in [2.24, 2.45) is 0 Å². The Kier molecular flexibility index (Phi) is 8.65. The Morgan fingerprint density at radius 2 is 1.88 bits per heavy atom. The fourth-order valence-electron chi connectivity index (χ4n) is 4.83. The predicted octanol–water partition coefficient (Wildman–Crippen LogP) is 4.72. The Morgan fingerprint density at radius 1 is 1.07 bits per heavy atom. The Labute approximate surface area is 240 Å². The summed E-state index contributed by atoms with van der Waals surface area (Å²) in [6.07, 6.45) is 4.79. The zero-order valence-corrected chi connectivity index (χ0v) is 24.0. The highest BCUT2D eigenvalue weighted by Crippen LogP contribution is 2.27. The fraction of sp³-hybridized carbons (Fsp3) is 0.321. The molecule has 3 heterocycles. The Bertz CT molecular complexity index is 1720. The van der Waals surface area contributed by atoms with Gasteiger partial charge < -0.3 is 10.2 Å². The van der Waals surface area contributed by atoms with Gasteiger partial charge in [0.2, 0.25) is 0 Å². The van der Waals surface area contributed by atoms with Crippen LogP contribution in [0, 0.1) is 5.82 Å². The molecular weight excluding hydrogens is 575 g/mol. The van der Waals surface area contributed by atoms with E-state index in [1.165, 1.54) is 49.9 Å².